The SMILES string of the molecule is c1ccc(-n2c3ccccc3c3cc4c(cc32)c2cc3c(cc2n4-c2ccccc2)oc2ccccc23)cc1. The third-order valence-electron chi connectivity index (χ3n) is 8.09. The lowest BCUT2D eigenvalue weighted by Crippen LogP contribution is -1.94. The van der Waals surface area contributed by atoms with Gasteiger partial charge in [0.1, 0.15) is 11.2 Å². The van der Waals surface area contributed by atoms with Gasteiger partial charge in [-0.1, -0.05) is 72.8 Å². The minimum atomic E-state index is 0.910. The molecule has 0 radical (unpaired) electrons. The van der Waals surface area contributed by atoms with Crippen molar-refractivity contribution in [2.75, 3.05) is 0 Å². The van der Waals surface area contributed by atoms with Crippen LogP contribution >= 0.6 is 0 Å². The van der Waals surface area contributed by atoms with Gasteiger partial charge in [0.05, 0.1) is 22.1 Å². The molecule has 6 aromatic carbocycles. The van der Waals surface area contributed by atoms with Gasteiger partial charge in [-0.15, -0.1) is 0 Å². The lowest BCUT2D eigenvalue weighted by atomic mass is 10.1. The molecule has 3 nitrogen and oxygen atoms in total. The van der Waals surface area contributed by atoms with Crippen LogP contribution in [0, 0.1) is 0 Å². The molecule has 0 saturated heterocycles. The van der Waals surface area contributed by atoms with Gasteiger partial charge in [-0.05, 0) is 54.6 Å². The smallest absolute Gasteiger partial charge is 0.137 e. The van der Waals surface area contributed by atoms with Gasteiger partial charge in [-0.3, -0.25) is 0 Å². The summed E-state index contributed by atoms with van der Waals surface area (Å²) in [5.41, 5.74) is 8.89. The van der Waals surface area contributed by atoms with E-state index in [9.17, 15) is 0 Å². The van der Waals surface area contributed by atoms with Crippen LogP contribution in [0.25, 0.3) is 76.9 Å². The molecule has 0 saturated carbocycles. The number of furan rings is 1. The van der Waals surface area contributed by atoms with E-state index in [4.69, 9.17) is 4.42 Å². The molecule has 182 valence electrons. The van der Waals surface area contributed by atoms with E-state index in [0.29, 0.717) is 0 Å². The van der Waals surface area contributed by atoms with Gasteiger partial charge in [-0.25, -0.2) is 0 Å². The predicted molar refractivity (Wildman–Crippen MR) is 162 cm³/mol. The van der Waals surface area contributed by atoms with Crippen LogP contribution in [0.15, 0.2) is 138 Å². The molecule has 0 fully saturated rings. The first kappa shape index (κ1) is 20.7. The van der Waals surface area contributed by atoms with Crippen LogP contribution < -0.4 is 0 Å². The van der Waals surface area contributed by atoms with E-state index >= 15 is 0 Å². The molecule has 0 atom stereocenters. The van der Waals surface area contributed by atoms with Crippen LogP contribution in [0.5, 0.6) is 0 Å². The number of para-hydroxylation sites is 4. The highest BCUT2D eigenvalue weighted by molar-refractivity contribution is 6.22. The van der Waals surface area contributed by atoms with Crippen molar-refractivity contribution in [2.45, 2.75) is 0 Å². The van der Waals surface area contributed by atoms with E-state index in [1.807, 2.05) is 12.1 Å². The Bertz CT molecular complexity index is 2370. The third kappa shape index (κ3) is 2.82. The minimum Gasteiger partial charge on any atom is -0.456 e. The Morgan fingerprint density at radius 1 is 0.333 bits per heavy atom. The lowest BCUT2D eigenvalue weighted by Gasteiger charge is -2.09. The van der Waals surface area contributed by atoms with Crippen molar-refractivity contribution < 1.29 is 4.42 Å². The van der Waals surface area contributed by atoms with E-state index in [2.05, 4.69) is 130 Å². The number of nitrogens with zero attached hydrogens (tertiary/aromatic N) is 2. The zero-order valence-electron chi connectivity index (χ0n) is 21.0. The first-order valence-electron chi connectivity index (χ1n) is 13.3. The summed E-state index contributed by atoms with van der Waals surface area (Å²) in [5, 5.41) is 7.25. The average Bonchev–Trinajstić information content (AvgIpc) is 3.62. The quantitative estimate of drug-likeness (QED) is 0.233. The predicted octanol–water partition coefficient (Wildman–Crippen LogP) is 9.78. The molecule has 0 amide bonds. The molecule has 39 heavy (non-hydrogen) atoms. The summed E-state index contributed by atoms with van der Waals surface area (Å²) in [6, 6.07) is 47.6. The standard InChI is InChI=1S/C36H22N2O/c1-3-11-23(12-4-1)37-31-17-9-7-15-25(31)28-20-33-29(21-32(28)37)27-19-30-26-16-8-10-18-35(26)39-36(30)22-34(27)38(33)24-13-5-2-6-14-24/h1-22H. The number of fused-ring (bicyclic) bond motifs is 9. The Balaban J connectivity index is 1.51. The Morgan fingerprint density at radius 2 is 0.846 bits per heavy atom. The normalized spacial score (nSPS) is 12.1. The van der Waals surface area contributed by atoms with Gasteiger partial charge in [0.15, 0.2) is 0 Å². The van der Waals surface area contributed by atoms with E-state index < -0.39 is 0 Å². The van der Waals surface area contributed by atoms with Crippen LogP contribution in [-0.4, -0.2) is 9.13 Å². The van der Waals surface area contributed by atoms with Gasteiger partial charge in [0.2, 0.25) is 0 Å². The molecule has 0 N–H and O–H groups in total. The molecule has 3 heterocycles. The fourth-order valence-corrected chi connectivity index (χ4v) is 6.41. The summed E-state index contributed by atoms with van der Waals surface area (Å²) >= 11 is 0. The fourth-order valence-electron chi connectivity index (χ4n) is 6.41. The number of benzene rings is 6. The molecule has 0 unspecified atom stereocenters. The topological polar surface area (TPSA) is 23.0 Å². The molecular formula is C36H22N2O. The monoisotopic (exact) mass is 498 g/mol. The largest absolute Gasteiger partial charge is 0.456 e. The highest BCUT2D eigenvalue weighted by Gasteiger charge is 2.20. The van der Waals surface area contributed by atoms with Crippen molar-refractivity contribution in [3.8, 4) is 11.4 Å². The Kier molecular flexibility index (Phi) is 4.05. The maximum atomic E-state index is 6.33. The van der Waals surface area contributed by atoms with Crippen LogP contribution in [-0.2, 0) is 0 Å². The van der Waals surface area contributed by atoms with E-state index in [1.54, 1.807) is 0 Å². The maximum Gasteiger partial charge on any atom is 0.137 e. The highest BCUT2D eigenvalue weighted by atomic mass is 16.3. The average molecular weight is 499 g/mol. The summed E-state index contributed by atoms with van der Waals surface area (Å²) in [6.45, 7) is 0. The summed E-state index contributed by atoms with van der Waals surface area (Å²) in [5.74, 6) is 0. The van der Waals surface area contributed by atoms with Crippen molar-refractivity contribution in [3.05, 3.63) is 133 Å². The number of hydrogen-bond acceptors (Lipinski definition) is 1. The molecule has 0 spiro atoms. The lowest BCUT2D eigenvalue weighted by molar-refractivity contribution is 0.669. The zero-order valence-corrected chi connectivity index (χ0v) is 21.0. The summed E-state index contributed by atoms with van der Waals surface area (Å²) in [4.78, 5) is 0. The second-order valence-corrected chi connectivity index (χ2v) is 10.2. The Morgan fingerprint density at radius 3 is 1.56 bits per heavy atom. The molecule has 0 aliphatic heterocycles. The van der Waals surface area contributed by atoms with Crippen molar-refractivity contribution in [1.82, 2.24) is 9.13 Å². The molecule has 3 aromatic heterocycles. The van der Waals surface area contributed by atoms with E-state index in [1.165, 1.54) is 38.1 Å². The molecule has 0 aliphatic rings. The molecule has 3 heteroatoms. The van der Waals surface area contributed by atoms with Crippen LogP contribution in [0.2, 0.25) is 0 Å². The summed E-state index contributed by atoms with van der Waals surface area (Å²) < 4.78 is 11.1. The van der Waals surface area contributed by atoms with Gasteiger partial charge in [-0.2, -0.15) is 0 Å². The van der Waals surface area contributed by atoms with Crippen LogP contribution in [0.3, 0.4) is 0 Å². The number of aromatic nitrogens is 2. The van der Waals surface area contributed by atoms with Crippen molar-refractivity contribution in [3.63, 3.8) is 0 Å². The molecule has 0 aliphatic carbocycles. The zero-order chi connectivity index (χ0) is 25.5. The molecular weight excluding hydrogens is 476 g/mol. The van der Waals surface area contributed by atoms with Crippen molar-refractivity contribution in [2.24, 2.45) is 0 Å². The third-order valence-corrected chi connectivity index (χ3v) is 8.09. The fraction of sp³-hybridized carbons (Fsp3) is 0. The number of rotatable bonds is 2. The van der Waals surface area contributed by atoms with Crippen LogP contribution in [0.1, 0.15) is 0 Å². The molecule has 9 rings (SSSR count). The second kappa shape index (κ2) is 7.62. The first-order valence-corrected chi connectivity index (χ1v) is 13.3. The maximum absolute atomic E-state index is 6.33. The Labute approximate surface area is 223 Å². The highest BCUT2D eigenvalue weighted by Crippen LogP contribution is 2.42. The van der Waals surface area contributed by atoms with E-state index in [-0.39, 0.29) is 0 Å². The van der Waals surface area contributed by atoms with Crippen LogP contribution in [0.4, 0.5) is 0 Å². The van der Waals surface area contributed by atoms with Crippen molar-refractivity contribution >= 4 is 65.6 Å². The van der Waals surface area contributed by atoms with Gasteiger partial charge < -0.3 is 13.6 Å². The van der Waals surface area contributed by atoms with Crippen molar-refractivity contribution in [1.29, 1.82) is 0 Å². The summed E-state index contributed by atoms with van der Waals surface area (Å²) in [7, 11) is 0. The first-order chi connectivity index (χ1) is 19.3. The summed E-state index contributed by atoms with van der Waals surface area (Å²) in [6.07, 6.45) is 0. The van der Waals surface area contributed by atoms with Gasteiger partial charge in [0, 0.05) is 49.8 Å². The van der Waals surface area contributed by atoms with Gasteiger partial charge in [0.25, 0.3) is 0 Å². The molecule has 0 bridgehead atoms. The second-order valence-electron chi connectivity index (χ2n) is 10.2. The number of hydrogen-bond donors (Lipinski definition) is 0. The van der Waals surface area contributed by atoms with E-state index in [0.717, 1.165) is 38.8 Å². The Hall–Kier alpha value is -5.28. The van der Waals surface area contributed by atoms with Gasteiger partial charge >= 0.3 is 0 Å². The minimum absolute atomic E-state index is 0.910. The molecule has 9 aromatic rings.